The summed E-state index contributed by atoms with van der Waals surface area (Å²) in [5, 5.41) is 24.7. The lowest BCUT2D eigenvalue weighted by Gasteiger charge is -2.30. The smallest absolute Gasteiger partial charge is 0.268 e. The molecule has 1 aromatic heterocycles. The van der Waals surface area contributed by atoms with Gasteiger partial charge in [-0.2, -0.15) is 0 Å². The fourth-order valence-electron chi connectivity index (χ4n) is 3.39. The summed E-state index contributed by atoms with van der Waals surface area (Å²) in [6.07, 6.45) is 0.0925. The van der Waals surface area contributed by atoms with Crippen LogP contribution in [0.4, 0.5) is 0 Å². The van der Waals surface area contributed by atoms with Gasteiger partial charge in [-0.05, 0) is 47.9 Å². The second-order valence-corrected chi connectivity index (χ2v) is 6.82. The maximum absolute atomic E-state index is 12.6. The van der Waals surface area contributed by atoms with E-state index in [0.29, 0.717) is 23.6 Å². The SMILES string of the molecule is O=C(NC1Cc2c(O)cccc2C[C@H]1O)c1cc2cc(Cl)ccc2[nH]1. The van der Waals surface area contributed by atoms with Gasteiger partial charge in [-0.3, -0.25) is 4.79 Å². The van der Waals surface area contributed by atoms with Gasteiger partial charge in [0.2, 0.25) is 0 Å². The standard InChI is InChI=1S/C19H17ClN2O3/c20-12-4-5-14-11(6-12)7-16(21-14)19(25)22-15-9-13-10(8-18(15)24)2-1-3-17(13)23/h1-7,15,18,21,23-24H,8-9H2,(H,22,25)/t15?,18-/m1/s1. The third-order valence-corrected chi connectivity index (χ3v) is 4.94. The number of phenols is 1. The Morgan fingerprint density at radius 3 is 2.88 bits per heavy atom. The summed E-state index contributed by atoms with van der Waals surface area (Å²) in [6.45, 7) is 0. The summed E-state index contributed by atoms with van der Waals surface area (Å²) in [6, 6.07) is 11.9. The number of phenolic OH excluding ortho intramolecular Hbond substituents is 1. The molecule has 2 aromatic carbocycles. The van der Waals surface area contributed by atoms with Gasteiger partial charge in [0.1, 0.15) is 11.4 Å². The van der Waals surface area contributed by atoms with Crippen molar-refractivity contribution in [3.05, 3.63) is 64.3 Å². The van der Waals surface area contributed by atoms with Gasteiger partial charge in [0.15, 0.2) is 0 Å². The van der Waals surface area contributed by atoms with Crippen LogP contribution in [0.3, 0.4) is 0 Å². The average molecular weight is 357 g/mol. The second kappa shape index (κ2) is 6.10. The highest BCUT2D eigenvalue weighted by Gasteiger charge is 2.30. The molecule has 6 heteroatoms. The molecule has 0 aliphatic heterocycles. The van der Waals surface area contributed by atoms with Crippen molar-refractivity contribution in [2.75, 3.05) is 0 Å². The number of fused-ring (bicyclic) bond motifs is 2. The number of H-pyrrole nitrogens is 1. The number of amides is 1. The minimum absolute atomic E-state index is 0.198. The van der Waals surface area contributed by atoms with Gasteiger partial charge in [0.05, 0.1) is 12.1 Å². The van der Waals surface area contributed by atoms with Crippen molar-refractivity contribution in [3.8, 4) is 5.75 Å². The zero-order valence-electron chi connectivity index (χ0n) is 13.3. The first-order chi connectivity index (χ1) is 12.0. The summed E-state index contributed by atoms with van der Waals surface area (Å²) < 4.78 is 0. The summed E-state index contributed by atoms with van der Waals surface area (Å²) >= 11 is 5.97. The molecular formula is C19H17ClN2O3. The normalized spacial score (nSPS) is 19.6. The fourth-order valence-corrected chi connectivity index (χ4v) is 3.57. The molecule has 0 spiro atoms. The van der Waals surface area contributed by atoms with Crippen LogP contribution in [-0.4, -0.2) is 33.3 Å². The van der Waals surface area contributed by atoms with Crippen LogP contribution in [0.15, 0.2) is 42.5 Å². The van der Waals surface area contributed by atoms with Gasteiger partial charge in [-0.15, -0.1) is 0 Å². The summed E-state index contributed by atoms with van der Waals surface area (Å²) in [5.74, 6) is -0.0980. The molecule has 1 unspecified atom stereocenters. The first-order valence-electron chi connectivity index (χ1n) is 8.08. The van der Waals surface area contributed by atoms with E-state index in [1.165, 1.54) is 0 Å². The quantitative estimate of drug-likeness (QED) is 0.569. The van der Waals surface area contributed by atoms with Crippen LogP contribution >= 0.6 is 11.6 Å². The molecule has 0 saturated heterocycles. The number of rotatable bonds is 2. The number of nitrogens with one attached hydrogen (secondary N) is 2. The Balaban J connectivity index is 1.56. The third-order valence-electron chi connectivity index (χ3n) is 4.71. The molecule has 1 heterocycles. The van der Waals surface area contributed by atoms with Gasteiger partial charge >= 0.3 is 0 Å². The molecule has 1 amide bonds. The maximum atomic E-state index is 12.6. The molecular weight excluding hydrogens is 340 g/mol. The molecule has 25 heavy (non-hydrogen) atoms. The van der Waals surface area contributed by atoms with E-state index < -0.39 is 12.1 Å². The van der Waals surface area contributed by atoms with Gasteiger partial charge in [0, 0.05) is 22.3 Å². The summed E-state index contributed by atoms with van der Waals surface area (Å²) in [5.41, 5.74) is 2.93. The van der Waals surface area contributed by atoms with Crippen LogP contribution < -0.4 is 5.32 Å². The predicted octanol–water partition coefficient (Wildman–Crippen LogP) is 2.79. The third kappa shape index (κ3) is 2.97. The van der Waals surface area contributed by atoms with E-state index >= 15 is 0 Å². The van der Waals surface area contributed by atoms with E-state index in [0.717, 1.165) is 22.0 Å². The first kappa shape index (κ1) is 16.0. The Labute approximate surface area is 149 Å². The van der Waals surface area contributed by atoms with Gasteiger partial charge in [0.25, 0.3) is 5.91 Å². The molecule has 0 saturated carbocycles. The second-order valence-electron chi connectivity index (χ2n) is 6.38. The van der Waals surface area contributed by atoms with Crippen LogP contribution in [0.5, 0.6) is 5.75 Å². The lowest BCUT2D eigenvalue weighted by Crippen LogP contribution is -2.48. The Hall–Kier alpha value is -2.50. The van der Waals surface area contributed by atoms with Crippen LogP contribution in [-0.2, 0) is 12.8 Å². The van der Waals surface area contributed by atoms with E-state index in [1.807, 2.05) is 12.1 Å². The van der Waals surface area contributed by atoms with Crippen molar-refractivity contribution < 1.29 is 15.0 Å². The molecule has 0 radical (unpaired) electrons. The van der Waals surface area contributed by atoms with Crippen molar-refractivity contribution in [2.45, 2.75) is 25.0 Å². The van der Waals surface area contributed by atoms with Crippen molar-refractivity contribution in [3.63, 3.8) is 0 Å². The Kier molecular flexibility index (Phi) is 3.90. The van der Waals surface area contributed by atoms with Crippen LogP contribution in [0, 0.1) is 0 Å². The first-order valence-corrected chi connectivity index (χ1v) is 8.46. The van der Waals surface area contributed by atoms with Gasteiger partial charge in [-0.25, -0.2) is 0 Å². The topological polar surface area (TPSA) is 85.3 Å². The molecule has 128 valence electrons. The summed E-state index contributed by atoms with van der Waals surface area (Å²) in [7, 11) is 0. The average Bonchev–Trinajstić information content (AvgIpc) is 2.99. The largest absolute Gasteiger partial charge is 0.508 e. The number of carbonyl (C=O) groups excluding carboxylic acids is 1. The predicted molar refractivity (Wildman–Crippen MR) is 96.1 cm³/mol. The number of aromatic amines is 1. The molecule has 4 rings (SSSR count). The van der Waals surface area contributed by atoms with Gasteiger partial charge < -0.3 is 20.5 Å². The molecule has 1 aliphatic rings. The molecule has 2 atom stereocenters. The number of aliphatic hydroxyl groups excluding tert-OH is 1. The molecule has 4 N–H and O–H groups in total. The Morgan fingerprint density at radius 1 is 1.20 bits per heavy atom. The number of aromatic nitrogens is 1. The zero-order valence-corrected chi connectivity index (χ0v) is 14.0. The monoisotopic (exact) mass is 356 g/mol. The van der Waals surface area contributed by atoms with Crippen LogP contribution in [0.2, 0.25) is 5.02 Å². The number of hydrogen-bond acceptors (Lipinski definition) is 3. The molecule has 1 aliphatic carbocycles. The minimum Gasteiger partial charge on any atom is -0.508 e. The maximum Gasteiger partial charge on any atom is 0.268 e. The number of carbonyl (C=O) groups is 1. The minimum atomic E-state index is -0.697. The lowest BCUT2D eigenvalue weighted by atomic mass is 9.85. The van der Waals surface area contributed by atoms with E-state index in [2.05, 4.69) is 10.3 Å². The molecule has 3 aromatic rings. The van der Waals surface area contributed by atoms with E-state index in [-0.39, 0.29) is 11.7 Å². The van der Waals surface area contributed by atoms with E-state index in [9.17, 15) is 15.0 Å². The van der Waals surface area contributed by atoms with Crippen LogP contribution in [0.25, 0.3) is 10.9 Å². The lowest BCUT2D eigenvalue weighted by molar-refractivity contribution is 0.0809. The molecule has 0 fully saturated rings. The Morgan fingerprint density at radius 2 is 2.04 bits per heavy atom. The highest BCUT2D eigenvalue weighted by atomic mass is 35.5. The van der Waals surface area contributed by atoms with Crippen molar-refractivity contribution in [1.82, 2.24) is 10.3 Å². The number of aliphatic hydroxyl groups is 1. The number of aromatic hydroxyl groups is 1. The van der Waals surface area contributed by atoms with E-state index in [4.69, 9.17) is 11.6 Å². The van der Waals surface area contributed by atoms with Crippen molar-refractivity contribution in [1.29, 1.82) is 0 Å². The Bertz CT molecular complexity index is 966. The van der Waals surface area contributed by atoms with Crippen LogP contribution in [0.1, 0.15) is 21.6 Å². The fraction of sp³-hybridized carbons (Fsp3) is 0.211. The van der Waals surface area contributed by atoms with Crippen molar-refractivity contribution >= 4 is 28.4 Å². The summed E-state index contributed by atoms with van der Waals surface area (Å²) in [4.78, 5) is 15.6. The number of benzene rings is 2. The number of halogens is 1. The number of hydrogen-bond donors (Lipinski definition) is 4. The van der Waals surface area contributed by atoms with Gasteiger partial charge in [-0.1, -0.05) is 23.7 Å². The highest BCUT2D eigenvalue weighted by Crippen LogP contribution is 2.29. The molecule has 5 nitrogen and oxygen atoms in total. The highest BCUT2D eigenvalue weighted by molar-refractivity contribution is 6.31. The van der Waals surface area contributed by atoms with E-state index in [1.54, 1.807) is 30.3 Å². The van der Waals surface area contributed by atoms with Crippen molar-refractivity contribution in [2.24, 2.45) is 0 Å². The molecule has 0 bridgehead atoms. The zero-order chi connectivity index (χ0) is 17.6.